The molecule has 0 aliphatic rings. The smallest absolute Gasteiger partial charge is 0.408 e. The second-order valence-electron chi connectivity index (χ2n) is 5.61. The zero-order valence-corrected chi connectivity index (χ0v) is 12.2. The van der Waals surface area contributed by atoms with Crippen molar-refractivity contribution in [1.29, 1.82) is 0 Å². The van der Waals surface area contributed by atoms with Gasteiger partial charge in [0.05, 0.1) is 6.04 Å². The van der Waals surface area contributed by atoms with Crippen LogP contribution in [0.3, 0.4) is 0 Å². The van der Waals surface area contributed by atoms with Crippen LogP contribution in [0, 0.1) is 12.7 Å². The molecule has 0 fully saturated rings. The first kappa shape index (κ1) is 16.1. The molecule has 0 aliphatic heterocycles. The van der Waals surface area contributed by atoms with Crippen LogP contribution in [0.2, 0.25) is 0 Å². The minimum atomic E-state index is -0.617. The summed E-state index contributed by atoms with van der Waals surface area (Å²) in [6.07, 6.45) is 0.205. The van der Waals surface area contributed by atoms with Crippen molar-refractivity contribution in [2.75, 3.05) is 0 Å². The molecule has 4 nitrogen and oxygen atoms in total. The molecular weight excluding hydrogens is 261 g/mol. The summed E-state index contributed by atoms with van der Waals surface area (Å²) in [6.45, 7) is 6.89. The molecule has 110 valence electrons. The number of aldehydes is 1. The summed E-state index contributed by atoms with van der Waals surface area (Å²) in [5, 5.41) is 2.62. The number of benzene rings is 1. The zero-order chi connectivity index (χ0) is 15.3. The lowest BCUT2D eigenvalue weighted by molar-refractivity contribution is -0.108. The van der Waals surface area contributed by atoms with Crippen molar-refractivity contribution in [3.63, 3.8) is 0 Å². The van der Waals surface area contributed by atoms with Gasteiger partial charge in [0.15, 0.2) is 0 Å². The third-order valence-corrected chi connectivity index (χ3v) is 2.61. The molecule has 20 heavy (non-hydrogen) atoms. The normalized spacial score (nSPS) is 12.7. The number of amides is 1. The van der Waals surface area contributed by atoms with Crippen LogP contribution in [-0.2, 0) is 9.53 Å². The standard InChI is InChI=1S/C15H20FNO3/c1-10-9-11(5-6-12(10)16)13(7-8-18)17-14(19)20-15(2,3)4/h5-6,8-9,13H,7H2,1-4H3,(H,17,19)/t13-/m0/s1. The van der Waals surface area contributed by atoms with E-state index in [4.69, 9.17) is 4.74 Å². The van der Waals surface area contributed by atoms with Gasteiger partial charge in [-0.3, -0.25) is 0 Å². The van der Waals surface area contributed by atoms with Crippen molar-refractivity contribution in [2.45, 2.75) is 45.8 Å². The maximum absolute atomic E-state index is 13.3. The molecule has 0 bridgehead atoms. The average molecular weight is 281 g/mol. The van der Waals surface area contributed by atoms with E-state index in [0.29, 0.717) is 17.4 Å². The van der Waals surface area contributed by atoms with Crippen LogP contribution in [0.5, 0.6) is 0 Å². The zero-order valence-electron chi connectivity index (χ0n) is 12.2. The molecule has 0 aromatic heterocycles. The lowest BCUT2D eigenvalue weighted by Gasteiger charge is -2.23. The monoisotopic (exact) mass is 281 g/mol. The molecule has 1 aromatic carbocycles. The van der Waals surface area contributed by atoms with Gasteiger partial charge in [0.25, 0.3) is 0 Å². The summed E-state index contributed by atoms with van der Waals surface area (Å²) in [5.74, 6) is -0.323. The molecule has 5 heteroatoms. The first-order chi connectivity index (χ1) is 9.23. The van der Waals surface area contributed by atoms with Crippen molar-refractivity contribution >= 4 is 12.4 Å². The molecule has 1 rings (SSSR count). The van der Waals surface area contributed by atoms with Crippen LogP contribution < -0.4 is 5.32 Å². The Labute approximate surface area is 118 Å². The van der Waals surface area contributed by atoms with E-state index in [1.165, 1.54) is 6.07 Å². The number of alkyl carbamates (subject to hydrolysis) is 1. The Morgan fingerprint density at radius 2 is 2.10 bits per heavy atom. The van der Waals surface area contributed by atoms with E-state index in [9.17, 15) is 14.0 Å². The van der Waals surface area contributed by atoms with E-state index in [0.717, 1.165) is 0 Å². The minimum absolute atomic E-state index is 0.102. The van der Waals surface area contributed by atoms with E-state index in [-0.39, 0.29) is 12.2 Å². The molecule has 0 saturated heterocycles. The maximum atomic E-state index is 13.3. The molecule has 1 aromatic rings. The van der Waals surface area contributed by atoms with Crippen molar-refractivity contribution in [3.05, 3.63) is 35.1 Å². The second kappa shape index (κ2) is 6.50. The van der Waals surface area contributed by atoms with Crippen LogP contribution in [0.25, 0.3) is 0 Å². The van der Waals surface area contributed by atoms with E-state index in [1.807, 2.05) is 0 Å². The second-order valence-corrected chi connectivity index (χ2v) is 5.61. The Kier molecular flexibility index (Phi) is 5.25. The number of halogens is 1. The molecule has 0 saturated carbocycles. The van der Waals surface area contributed by atoms with Gasteiger partial charge in [0.2, 0.25) is 0 Å². The Hall–Kier alpha value is -1.91. The fourth-order valence-corrected chi connectivity index (χ4v) is 1.71. The van der Waals surface area contributed by atoms with E-state index in [2.05, 4.69) is 5.32 Å². The highest BCUT2D eigenvalue weighted by Crippen LogP contribution is 2.20. The van der Waals surface area contributed by atoms with Crippen molar-refractivity contribution < 1.29 is 18.7 Å². The molecule has 0 aliphatic carbocycles. The molecule has 0 radical (unpaired) electrons. The number of carbonyl (C=O) groups excluding carboxylic acids is 2. The molecule has 1 atom stereocenters. The molecule has 1 amide bonds. The topological polar surface area (TPSA) is 55.4 Å². The summed E-state index contributed by atoms with van der Waals surface area (Å²) in [5.41, 5.74) is 0.514. The summed E-state index contributed by atoms with van der Waals surface area (Å²) in [4.78, 5) is 22.5. The van der Waals surface area contributed by atoms with E-state index in [1.54, 1.807) is 39.8 Å². The predicted molar refractivity (Wildman–Crippen MR) is 73.9 cm³/mol. The van der Waals surface area contributed by atoms with E-state index < -0.39 is 17.7 Å². The van der Waals surface area contributed by atoms with Crippen LogP contribution in [-0.4, -0.2) is 18.0 Å². The molecule has 0 spiro atoms. The highest BCUT2D eigenvalue weighted by atomic mass is 19.1. The van der Waals surface area contributed by atoms with Crippen LogP contribution >= 0.6 is 0 Å². The Morgan fingerprint density at radius 1 is 1.45 bits per heavy atom. The predicted octanol–water partition coefficient (Wildman–Crippen LogP) is 3.29. The number of nitrogens with one attached hydrogen (secondary N) is 1. The summed E-state index contributed by atoms with van der Waals surface area (Å²) < 4.78 is 18.4. The molecular formula is C15H20FNO3. The van der Waals surface area contributed by atoms with Gasteiger partial charge in [-0.1, -0.05) is 12.1 Å². The summed E-state index contributed by atoms with van der Waals surface area (Å²) in [6, 6.07) is 3.95. The Balaban J connectivity index is 2.85. The van der Waals surface area contributed by atoms with Gasteiger partial charge in [-0.2, -0.15) is 0 Å². The van der Waals surface area contributed by atoms with Crippen molar-refractivity contribution in [1.82, 2.24) is 5.32 Å². The van der Waals surface area contributed by atoms with E-state index >= 15 is 0 Å². The van der Waals surface area contributed by atoms with Gasteiger partial charge in [0, 0.05) is 6.42 Å². The number of rotatable bonds is 4. The highest BCUT2D eigenvalue weighted by molar-refractivity contribution is 5.69. The Bertz CT molecular complexity index is 494. The first-order valence-corrected chi connectivity index (χ1v) is 6.42. The molecule has 1 N–H and O–H groups in total. The first-order valence-electron chi connectivity index (χ1n) is 6.42. The third kappa shape index (κ3) is 4.99. The lowest BCUT2D eigenvalue weighted by Crippen LogP contribution is -2.35. The number of ether oxygens (including phenoxy) is 1. The van der Waals surface area contributed by atoms with Gasteiger partial charge < -0.3 is 14.8 Å². The molecule has 0 heterocycles. The number of aryl methyl sites for hydroxylation is 1. The number of carbonyl (C=O) groups is 2. The summed E-state index contributed by atoms with van der Waals surface area (Å²) in [7, 11) is 0. The number of hydrogen-bond acceptors (Lipinski definition) is 3. The van der Waals surface area contributed by atoms with Gasteiger partial charge in [-0.25, -0.2) is 9.18 Å². The van der Waals surface area contributed by atoms with Gasteiger partial charge in [0.1, 0.15) is 17.7 Å². The SMILES string of the molecule is Cc1cc([C@H](CC=O)NC(=O)OC(C)(C)C)ccc1F. The highest BCUT2D eigenvalue weighted by Gasteiger charge is 2.20. The van der Waals surface area contributed by atoms with Gasteiger partial charge >= 0.3 is 6.09 Å². The Morgan fingerprint density at radius 3 is 2.60 bits per heavy atom. The lowest BCUT2D eigenvalue weighted by atomic mass is 10.0. The largest absolute Gasteiger partial charge is 0.444 e. The fraction of sp³-hybridized carbons (Fsp3) is 0.467. The van der Waals surface area contributed by atoms with Crippen molar-refractivity contribution in [2.24, 2.45) is 0 Å². The minimum Gasteiger partial charge on any atom is -0.444 e. The average Bonchev–Trinajstić information content (AvgIpc) is 2.30. The summed E-state index contributed by atoms with van der Waals surface area (Å²) >= 11 is 0. The van der Waals surface area contributed by atoms with Gasteiger partial charge in [-0.05, 0) is 44.9 Å². The van der Waals surface area contributed by atoms with Crippen LogP contribution in [0.4, 0.5) is 9.18 Å². The van der Waals surface area contributed by atoms with Crippen LogP contribution in [0.15, 0.2) is 18.2 Å². The third-order valence-electron chi connectivity index (χ3n) is 2.61. The fourth-order valence-electron chi connectivity index (χ4n) is 1.71. The number of hydrogen-bond donors (Lipinski definition) is 1. The quantitative estimate of drug-likeness (QED) is 0.862. The van der Waals surface area contributed by atoms with Crippen molar-refractivity contribution in [3.8, 4) is 0 Å². The van der Waals surface area contributed by atoms with Crippen LogP contribution in [0.1, 0.15) is 44.4 Å². The van der Waals surface area contributed by atoms with Gasteiger partial charge in [-0.15, -0.1) is 0 Å². The maximum Gasteiger partial charge on any atom is 0.408 e. The molecule has 0 unspecified atom stereocenters.